The molecule has 0 N–H and O–H groups in total. The number of ether oxygens (including phenoxy) is 1. The van der Waals surface area contributed by atoms with Gasteiger partial charge in [0, 0.05) is 44.4 Å². The number of hydrogen-bond acceptors (Lipinski definition) is 5. The standard InChI is InChI=1S/C20H27N5O4/c1-29-12-11-24-20(28)25(16-7-8-16)19(21-24)15-5-4-10-22(13-15)18(27)14-23-9-3-2-6-17(23)26/h2-3,6,9,15-16H,4-5,7-8,10-14H2,1H3. The monoisotopic (exact) mass is 401 g/mol. The number of hydrogen-bond donors (Lipinski definition) is 0. The van der Waals surface area contributed by atoms with Crippen molar-refractivity contribution in [1.82, 2.24) is 23.8 Å². The Morgan fingerprint density at radius 3 is 2.79 bits per heavy atom. The quantitative estimate of drug-likeness (QED) is 0.677. The van der Waals surface area contributed by atoms with Crippen molar-refractivity contribution in [2.75, 3.05) is 26.8 Å². The largest absolute Gasteiger partial charge is 0.383 e. The van der Waals surface area contributed by atoms with Gasteiger partial charge in [-0.3, -0.25) is 14.2 Å². The van der Waals surface area contributed by atoms with Crippen molar-refractivity contribution >= 4 is 5.91 Å². The number of amides is 1. The van der Waals surface area contributed by atoms with E-state index in [0.717, 1.165) is 31.5 Å². The third-order valence-electron chi connectivity index (χ3n) is 5.66. The highest BCUT2D eigenvalue weighted by atomic mass is 16.5. The summed E-state index contributed by atoms with van der Waals surface area (Å²) in [5, 5.41) is 4.62. The third-order valence-corrected chi connectivity index (χ3v) is 5.66. The van der Waals surface area contributed by atoms with E-state index in [1.54, 1.807) is 30.3 Å². The molecule has 2 aromatic heterocycles. The van der Waals surface area contributed by atoms with Crippen molar-refractivity contribution in [2.24, 2.45) is 0 Å². The molecule has 0 spiro atoms. The van der Waals surface area contributed by atoms with E-state index in [9.17, 15) is 14.4 Å². The Kier molecular flexibility index (Phi) is 5.66. The van der Waals surface area contributed by atoms with Gasteiger partial charge >= 0.3 is 5.69 Å². The van der Waals surface area contributed by atoms with Gasteiger partial charge in [-0.2, -0.15) is 5.10 Å². The Balaban J connectivity index is 1.52. The lowest BCUT2D eigenvalue weighted by molar-refractivity contribution is -0.133. The highest BCUT2D eigenvalue weighted by molar-refractivity contribution is 5.76. The van der Waals surface area contributed by atoms with Gasteiger partial charge in [-0.25, -0.2) is 9.48 Å². The van der Waals surface area contributed by atoms with Crippen LogP contribution in [0, 0.1) is 0 Å². The fraction of sp³-hybridized carbons (Fsp3) is 0.600. The Morgan fingerprint density at radius 2 is 2.07 bits per heavy atom. The highest BCUT2D eigenvalue weighted by Crippen LogP contribution is 2.37. The average Bonchev–Trinajstić information content (AvgIpc) is 3.51. The van der Waals surface area contributed by atoms with Crippen molar-refractivity contribution in [1.29, 1.82) is 0 Å². The minimum Gasteiger partial charge on any atom is -0.383 e. The van der Waals surface area contributed by atoms with Crippen LogP contribution < -0.4 is 11.2 Å². The van der Waals surface area contributed by atoms with Gasteiger partial charge in [-0.05, 0) is 31.7 Å². The molecule has 1 atom stereocenters. The molecule has 3 heterocycles. The van der Waals surface area contributed by atoms with Gasteiger partial charge in [0.25, 0.3) is 5.56 Å². The number of carbonyl (C=O) groups excluding carboxylic acids is 1. The van der Waals surface area contributed by atoms with Gasteiger partial charge in [-0.15, -0.1) is 0 Å². The average molecular weight is 401 g/mol. The molecule has 4 rings (SSSR count). The molecule has 156 valence electrons. The molecular formula is C20H27N5O4. The SMILES string of the molecule is COCCn1nc(C2CCCN(C(=O)Cn3ccccc3=O)C2)n(C2CC2)c1=O. The molecule has 9 heteroatoms. The number of piperidine rings is 1. The summed E-state index contributed by atoms with van der Waals surface area (Å²) in [5.74, 6) is 0.724. The molecule has 9 nitrogen and oxygen atoms in total. The minimum absolute atomic E-state index is 0.0253. The number of pyridine rings is 1. The fourth-order valence-electron chi connectivity index (χ4n) is 3.97. The zero-order valence-corrected chi connectivity index (χ0v) is 16.7. The van der Waals surface area contributed by atoms with E-state index in [-0.39, 0.29) is 35.7 Å². The highest BCUT2D eigenvalue weighted by Gasteiger charge is 2.35. The van der Waals surface area contributed by atoms with Crippen molar-refractivity contribution in [3.05, 3.63) is 51.1 Å². The third kappa shape index (κ3) is 4.19. The second-order valence-electron chi connectivity index (χ2n) is 7.80. The van der Waals surface area contributed by atoms with Crippen molar-refractivity contribution in [3.63, 3.8) is 0 Å². The minimum atomic E-state index is -0.186. The lowest BCUT2D eigenvalue weighted by Gasteiger charge is -2.32. The Labute approximate surface area is 168 Å². The van der Waals surface area contributed by atoms with Gasteiger partial charge in [0.1, 0.15) is 12.4 Å². The molecule has 1 amide bonds. The summed E-state index contributed by atoms with van der Waals surface area (Å²) in [6, 6.07) is 5.09. The Bertz CT molecular complexity index is 987. The van der Waals surface area contributed by atoms with E-state index >= 15 is 0 Å². The number of rotatable bonds is 7. The zero-order valence-electron chi connectivity index (χ0n) is 16.7. The Hall–Kier alpha value is -2.68. The summed E-state index contributed by atoms with van der Waals surface area (Å²) in [6.45, 7) is 2.07. The summed E-state index contributed by atoms with van der Waals surface area (Å²) in [5.41, 5.74) is -0.271. The summed E-state index contributed by atoms with van der Waals surface area (Å²) in [6.07, 6.45) is 5.36. The number of likely N-dealkylation sites (tertiary alicyclic amines) is 1. The first-order valence-electron chi connectivity index (χ1n) is 10.2. The molecule has 0 bridgehead atoms. The lowest BCUT2D eigenvalue weighted by Crippen LogP contribution is -2.42. The van der Waals surface area contributed by atoms with Crippen LogP contribution in [-0.2, 0) is 22.6 Å². The number of aromatic nitrogens is 4. The van der Waals surface area contributed by atoms with Crippen molar-refractivity contribution in [2.45, 2.75) is 50.7 Å². The van der Waals surface area contributed by atoms with E-state index in [1.165, 1.54) is 15.3 Å². The summed E-state index contributed by atoms with van der Waals surface area (Å²) in [7, 11) is 1.60. The molecule has 1 unspecified atom stereocenters. The molecule has 2 aliphatic rings. The van der Waals surface area contributed by atoms with Crippen LogP contribution in [-0.4, -0.2) is 56.5 Å². The van der Waals surface area contributed by atoms with Crippen LogP contribution >= 0.6 is 0 Å². The van der Waals surface area contributed by atoms with E-state index in [4.69, 9.17) is 4.74 Å². The molecular weight excluding hydrogens is 374 g/mol. The molecule has 1 aliphatic carbocycles. The molecule has 2 aromatic rings. The number of carbonyl (C=O) groups is 1. The molecule has 1 aliphatic heterocycles. The first-order valence-corrected chi connectivity index (χ1v) is 10.2. The lowest BCUT2D eigenvalue weighted by atomic mass is 9.97. The predicted molar refractivity (Wildman–Crippen MR) is 106 cm³/mol. The second-order valence-corrected chi connectivity index (χ2v) is 7.80. The topological polar surface area (TPSA) is 91.4 Å². The van der Waals surface area contributed by atoms with Gasteiger partial charge in [0.05, 0.1) is 13.2 Å². The second kappa shape index (κ2) is 8.36. The normalized spacial score (nSPS) is 19.5. The van der Waals surface area contributed by atoms with Gasteiger partial charge in [0.15, 0.2) is 0 Å². The fourth-order valence-corrected chi connectivity index (χ4v) is 3.97. The molecule has 0 radical (unpaired) electrons. The van der Waals surface area contributed by atoms with E-state index in [2.05, 4.69) is 5.10 Å². The molecule has 1 saturated carbocycles. The van der Waals surface area contributed by atoms with Gasteiger partial charge in [-0.1, -0.05) is 6.07 Å². The van der Waals surface area contributed by atoms with Crippen LogP contribution in [0.3, 0.4) is 0 Å². The van der Waals surface area contributed by atoms with Crippen LogP contribution in [0.25, 0.3) is 0 Å². The summed E-state index contributed by atoms with van der Waals surface area (Å²) in [4.78, 5) is 39.3. The molecule has 2 fully saturated rings. The maximum absolute atomic E-state index is 12.8. The van der Waals surface area contributed by atoms with Crippen LogP contribution in [0.5, 0.6) is 0 Å². The van der Waals surface area contributed by atoms with Crippen molar-refractivity contribution in [3.8, 4) is 0 Å². The first kappa shape index (κ1) is 19.6. The van der Waals surface area contributed by atoms with E-state index in [1.807, 2.05) is 4.57 Å². The van der Waals surface area contributed by atoms with Gasteiger partial charge in [0.2, 0.25) is 5.91 Å². The summed E-state index contributed by atoms with van der Waals surface area (Å²) >= 11 is 0. The molecule has 1 saturated heterocycles. The van der Waals surface area contributed by atoms with Crippen LogP contribution in [0.2, 0.25) is 0 Å². The number of nitrogens with zero attached hydrogens (tertiary/aromatic N) is 5. The molecule has 29 heavy (non-hydrogen) atoms. The number of methoxy groups -OCH3 is 1. The van der Waals surface area contributed by atoms with Crippen LogP contribution in [0.1, 0.15) is 43.5 Å². The van der Waals surface area contributed by atoms with Crippen molar-refractivity contribution < 1.29 is 9.53 Å². The maximum atomic E-state index is 12.8. The summed E-state index contributed by atoms with van der Waals surface area (Å²) < 4.78 is 9.84. The van der Waals surface area contributed by atoms with Crippen LogP contribution in [0.4, 0.5) is 0 Å². The van der Waals surface area contributed by atoms with E-state index in [0.29, 0.717) is 26.2 Å². The zero-order chi connectivity index (χ0) is 20.4. The predicted octanol–water partition coefficient (Wildman–Crippen LogP) is 0.594. The first-order chi connectivity index (χ1) is 14.1. The Morgan fingerprint density at radius 1 is 1.24 bits per heavy atom. The smallest absolute Gasteiger partial charge is 0.346 e. The van der Waals surface area contributed by atoms with Gasteiger partial charge < -0.3 is 14.2 Å². The van der Waals surface area contributed by atoms with Crippen LogP contribution in [0.15, 0.2) is 34.0 Å². The molecule has 0 aromatic carbocycles. The van der Waals surface area contributed by atoms with E-state index < -0.39 is 0 Å². The maximum Gasteiger partial charge on any atom is 0.346 e.